The highest BCUT2D eigenvalue weighted by molar-refractivity contribution is 6.13. The number of carbonyl (C=O) groups is 2. The minimum absolute atomic E-state index is 0.0669. The normalized spacial score (nSPS) is 14.4. The number of hydrogen-bond donors (Lipinski definition) is 2. The molecule has 1 aromatic rings. The quantitative estimate of drug-likeness (QED) is 0.624. The van der Waals surface area contributed by atoms with E-state index in [1.807, 2.05) is 24.3 Å². The molecular weight excluding hydrogens is 320 g/mol. The molecule has 2 N–H and O–H groups in total. The van der Waals surface area contributed by atoms with Crippen molar-refractivity contribution in [3.63, 3.8) is 0 Å². The van der Waals surface area contributed by atoms with Crippen LogP contribution in [-0.2, 0) is 22.6 Å². The molecule has 1 aromatic carbocycles. The van der Waals surface area contributed by atoms with Crippen LogP contribution >= 0.6 is 11.8 Å². The van der Waals surface area contributed by atoms with Crippen molar-refractivity contribution in [2.24, 2.45) is 0 Å². The Labute approximate surface area is 140 Å². The van der Waals surface area contributed by atoms with Gasteiger partial charge in [-0.1, -0.05) is 24.3 Å². The number of rotatable bonds is 5. The highest BCUT2D eigenvalue weighted by Crippen LogP contribution is 2.10. The number of benzene rings is 1. The van der Waals surface area contributed by atoms with Gasteiger partial charge in [0.25, 0.3) is 0 Å². The van der Waals surface area contributed by atoms with Crippen LogP contribution in [0.1, 0.15) is 18.1 Å². The first-order valence-corrected chi connectivity index (χ1v) is 7.80. The van der Waals surface area contributed by atoms with Crippen LogP contribution in [0.15, 0.2) is 24.3 Å². The van der Waals surface area contributed by atoms with Gasteiger partial charge in [0, 0.05) is 26.6 Å². The van der Waals surface area contributed by atoms with E-state index < -0.39 is 0 Å². The summed E-state index contributed by atoms with van der Waals surface area (Å²) in [5.74, 6) is -0.0669. The Morgan fingerprint density at radius 2 is 1.83 bits per heavy atom. The maximum Gasteiger partial charge on any atom is 0.335 e. The second kappa shape index (κ2) is 8.71. The maximum absolute atomic E-state index is 12.4. The third kappa shape index (κ3) is 5.38. The van der Waals surface area contributed by atoms with Gasteiger partial charge in [0.1, 0.15) is 0 Å². The molecule has 3 amide bonds. The van der Waals surface area contributed by atoms with Gasteiger partial charge in [-0.15, -0.1) is 4.94 Å². The van der Waals surface area contributed by atoms with Gasteiger partial charge in [0.05, 0.1) is 19.8 Å². The molecule has 0 aromatic heterocycles. The lowest BCUT2D eigenvalue weighted by Gasteiger charge is -2.31. The number of urea groups is 1. The van der Waals surface area contributed by atoms with Crippen molar-refractivity contribution >= 4 is 23.7 Å². The number of nitrogens with one attached hydrogen (secondary N) is 2. The van der Waals surface area contributed by atoms with E-state index in [-0.39, 0.29) is 11.9 Å². The molecule has 7 nitrogen and oxygen atoms in total. The van der Waals surface area contributed by atoms with Crippen molar-refractivity contribution in [3.8, 4) is 0 Å². The summed E-state index contributed by atoms with van der Waals surface area (Å²) in [5.41, 5.74) is 1.93. The molecule has 1 fully saturated rings. The second-order valence-corrected chi connectivity index (χ2v) is 5.45. The lowest BCUT2D eigenvalue weighted by atomic mass is 10.1. The first-order chi connectivity index (χ1) is 11.1. The smallest absolute Gasteiger partial charge is 0.335 e. The summed E-state index contributed by atoms with van der Waals surface area (Å²) < 4.78 is 5.24. The van der Waals surface area contributed by atoms with Crippen molar-refractivity contribution in [2.75, 3.05) is 26.3 Å². The SMILES string of the molecule is CC(=O)NCc1ccc(CN(NCl)C(=O)N2CCOCC2)cc1. The lowest BCUT2D eigenvalue weighted by molar-refractivity contribution is -0.119. The molecule has 1 heterocycles. The van der Waals surface area contributed by atoms with Crippen LogP contribution in [0.4, 0.5) is 4.79 Å². The van der Waals surface area contributed by atoms with Gasteiger partial charge in [-0.2, -0.15) is 0 Å². The zero-order chi connectivity index (χ0) is 16.7. The molecule has 2 rings (SSSR count). The molecule has 0 unspecified atom stereocenters. The highest BCUT2D eigenvalue weighted by atomic mass is 35.5. The molecule has 126 valence electrons. The third-order valence-corrected chi connectivity index (χ3v) is 3.72. The highest BCUT2D eigenvalue weighted by Gasteiger charge is 2.22. The molecule has 0 atom stereocenters. The molecule has 0 saturated carbocycles. The van der Waals surface area contributed by atoms with Gasteiger partial charge >= 0.3 is 6.03 Å². The van der Waals surface area contributed by atoms with E-state index in [0.717, 1.165) is 11.1 Å². The van der Waals surface area contributed by atoms with Crippen LogP contribution in [0, 0.1) is 0 Å². The first-order valence-electron chi connectivity index (χ1n) is 7.43. The Morgan fingerprint density at radius 1 is 1.22 bits per heavy atom. The monoisotopic (exact) mass is 340 g/mol. The predicted octanol–water partition coefficient (Wildman–Crippen LogP) is 1.24. The van der Waals surface area contributed by atoms with Crippen LogP contribution in [0.5, 0.6) is 0 Å². The van der Waals surface area contributed by atoms with E-state index >= 15 is 0 Å². The van der Waals surface area contributed by atoms with Gasteiger partial charge in [-0.25, -0.2) is 9.80 Å². The van der Waals surface area contributed by atoms with Crippen LogP contribution < -0.4 is 10.3 Å². The Morgan fingerprint density at radius 3 is 2.39 bits per heavy atom. The molecular formula is C15H21ClN4O3. The number of ether oxygens (including phenoxy) is 1. The molecule has 23 heavy (non-hydrogen) atoms. The fraction of sp³-hybridized carbons (Fsp3) is 0.467. The molecule has 1 saturated heterocycles. The number of amides is 3. The molecule has 0 bridgehead atoms. The molecule has 0 spiro atoms. The van der Waals surface area contributed by atoms with E-state index in [1.165, 1.54) is 11.9 Å². The van der Waals surface area contributed by atoms with Gasteiger partial charge in [0.2, 0.25) is 5.91 Å². The van der Waals surface area contributed by atoms with Crippen molar-refractivity contribution in [1.29, 1.82) is 0 Å². The van der Waals surface area contributed by atoms with Gasteiger partial charge < -0.3 is 15.0 Å². The fourth-order valence-corrected chi connectivity index (χ4v) is 2.36. The van der Waals surface area contributed by atoms with E-state index in [1.54, 1.807) is 4.90 Å². The first kappa shape index (κ1) is 17.5. The summed E-state index contributed by atoms with van der Waals surface area (Å²) >= 11 is 5.70. The molecule has 1 aliphatic heterocycles. The van der Waals surface area contributed by atoms with Crippen molar-refractivity contribution < 1.29 is 14.3 Å². The van der Waals surface area contributed by atoms with Crippen LogP contribution in [0.25, 0.3) is 0 Å². The van der Waals surface area contributed by atoms with Crippen molar-refractivity contribution in [3.05, 3.63) is 35.4 Å². The average molecular weight is 341 g/mol. The number of hydrazine groups is 1. The summed E-state index contributed by atoms with van der Waals surface area (Å²) in [6.45, 7) is 4.52. The maximum atomic E-state index is 12.4. The Bertz CT molecular complexity index is 532. The zero-order valence-corrected chi connectivity index (χ0v) is 13.8. The lowest BCUT2D eigenvalue weighted by Crippen LogP contribution is -2.50. The summed E-state index contributed by atoms with van der Waals surface area (Å²) in [4.78, 5) is 27.4. The number of morpholine rings is 1. The minimum atomic E-state index is -0.175. The Kier molecular flexibility index (Phi) is 6.64. The van der Waals surface area contributed by atoms with Gasteiger partial charge in [-0.05, 0) is 22.9 Å². The number of hydrogen-bond acceptors (Lipinski definition) is 4. The van der Waals surface area contributed by atoms with E-state index in [2.05, 4.69) is 10.3 Å². The number of halogens is 1. The predicted molar refractivity (Wildman–Crippen MR) is 86.3 cm³/mol. The number of nitrogens with zero attached hydrogens (tertiary/aromatic N) is 2. The van der Waals surface area contributed by atoms with Crippen LogP contribution in [-0.4, -0.2) is 48.2 Å². The zero-order valence-electron chi connectivity index (χ0n) is 13.0. The van der Waals surface area contributed by atoms with Gasteiger partial charge in [0.15, 0.2) is 0 Å². The third-order valence-electron chi connectivity index (χ3n) is 3.52. The van der Waals surface area contributed by atoms with E-state index in [4.69, 9.17) is 16.5 Å². The molecule has 8 heteroatoms. The largest absolute Gasteiger partial charge is 0.378 e. The van der Waals surface area contributed by atoms with E-state index in [0.29, 0.717) is 39.4 Å². The average Bonchev–Trinajstić information content (AvgIpc) is 2.59. The number of carbonyl (C=O) groups excluding carboxylic acids is 2. The Hall–Kier alpha value is -1.83. The van der Waals surface area contributed by atoms with E-state index in [9.17, 15) is 9.59 Å². The standard InChI is InChI=1S/C15H21ClN4O3/c1-12(21)17-10-13-2-4-14(5-3-13)11-20(18-16)15(22)19-6-8-23-9-7-19/h2-5,18H,6-11H2,1H3,(H,17,21). The summed E-state index contributed by atoms with van der Waals surface area (Å²) in [5, 5.41) is 4.10. The second-order valence-electron chi connectivity index (χ2n) is 5.28. The topological polar surface area (TPSA) is 73.9 Å². The Balaban J connectivity index is 1.92. The summed E-state index contributed by atoms with van der Waals surface area (Å²) in [6.07, 6.45) is 0. The van der Waals surface area contributed by atoms with Crippen molar-refractivity contribution in [2.45, 2.75) is 20.0 Å². The van der Waals surface area contributed by atoms with Gasteiger partial charge in [-0.3, -0.25) is 4.79 Å². The molecule has 1 aliphatic rings. The summed E-state index contributed by atoms with van der Waals surface area (Å²) in [6, 6.07) is 7.47. The van der Waals surface area contributed by atoms with Crippen LogP contribution in [0.3, 0.4) is 0 Å². The fourth-order valence-electron chi connectivity index (χ4n) is 2.23. The van der Waals surface area contributed by atoms with Crippen molar-refractivity contribution in [1.82, 2.24) is 20.2 Å². The minimum Gasteiger partial charge on any atom is -0.378 e. The molecule has 0 aliphatic carbocycles. The van der Waals surface area contributed by atoms with Crippen LogP contribution in [0.2, 0.25) is 0 Å². The summed E-state index contributed by atoms with van der Waals surface area (Å²) in [7, 11) is 0. The molecule has 0 radical (unpaired) electrons.